The molecule has 138 valence electrons. The van der Waals surface area contributed by atoms with Crippen LogP contribution in [0.1, 0.15) is 54.1 Å². The van der Waals surface area contributed by atoms with E-state index < -0.39 is 0 Å². The molecule has 3 nitrogen and oxygen atoms in total. The molecule has 1 saturated heterocycles. The van der Waals surface area contributed by atoms with Crippen LogP contribution in [0, 0.1) is 6.92 Å². The van der Waals surface area contributed by atoms with Gasteiger partial charge in [0.05, 0.1) is 0 Å². The third-order valence-corrected chi connectivity index (χ3v) is 7.58. The van der Waals surface area contributed by atoms with Gasteiger partial charge in [0.1, 0.15) is 0 Å². The van der Waals surface area contributed by atoms with Gasteiger partial charge < -0.3 is 4.57 Å². The van der Waals surface area contributed by atoms with Crippen molar-refractivity contribution in [2.24, 2.45) is 0 Å². The Morgan fingerprint density at radius 2 is 1.93 bits per heavy atom. The monoisotopic (exact) mass is 357 g/mol. The lowest BCUT2D eigenvalue weighted by atomic mass is 9.95. The first kappa shape index (κ1) is 15.9. The first-order valence-electron chi connectivity index (χ1n) is 10.4. The number of pyridine rings is 1. The summed E-state index contributed by atoms with van der Waals surface area (Å²) in [4.78, 5) is 6.88. The molecule has 0 spiro atoms. The van der Waals surface area contributed by atoms with Crippen molar-refractivity contribution >= 4 is 10.9 Å². The lowest BCUT2D eigenvalue weighted by Crippen LogP contribution is -2.35. The van der Waals surface area contributed by atoms with Gasteiger partial charge in [-0.25, -0.2) is 0 Å². The molecular weight excluding hydrogens is 330 g/mol. The van der Waals surface area contributed by atoms with E-state index in [1.807, 2.05) is 12.4 Å². The highest BCUT2D eigenvalue weighted by molar-refractivity contribution is 5.87. The Balaban J connectivity index is 1.53. The van der Waals surface area contributed by atoms with Gasteiger partial charge in [-0.05, 0) is 75.0 Å². The van der Waals surface area contributed by atoms with Crippen molar-refractivity contribution in [3.63, 3.8) is 0 Å². The molecule has 2 aliphatic heterocycles. The number of likely N-dealkylation sites (N-methyl/N-ethyl adjacent to an activating group) is 1. The molecule has 3 aromatic rings. The number of hydrogen-bond acceptors (Lipinski definition) is 2. The maximum atomic E-state index is 4.24. The van der Waals surface area contributed by atoms with Gasteiger partial charge >= 0.3 is 0 Å². The molecule has 6 rings (SSSR count). The van der Waals surface area contributed by atoms with Gasteiger partial charge in [-0.1, -0.05) is 11.6 Å². The minimum atomic E-state index is 0.315. The van der Waals surface area contributed by atoms with Crippen molar-refractivity contribution < 1.29 is 0 Å². The lowest BCUT2D eigenvalue weighted by molar-refractivity contribution is 0.221. The topological polar surface area (TPSA) is 21.1 Å². The van der Waals surface area contributed by atoms with Crippen molar-refractivity contribution in [1.29, 1.82) is 0 Å². The molecule has 2 unspecified atom stereocenters. The highest BCUT2D eigenvalue weighted by Crippen LogP contribution is 2.52. The molecular formula is C24H27N3. The molecule has 0 amide bonds. The summed E-state index contributed by atoms with van der Waals surface area (Å²) in [6, 6.07) is 12.9. The molecule has 4 heterocycles. The van der Waals surface area contributed by atoms with E-state index in [4.69, 9.17) is 0 Å². The van der Waals surface area contributed by atoms with E-state index in [2.05, 4.69) is 58.8 Å². The molecule has 3 heteroatoms. The van der Waals surface area contributed by atoms with Gasteiger partial charge in [-0.3, -0.25) is 9.88 Å². The molecule has 0 radical (unpaired) electrons. The molecule has 2 aromatic heterocycles. The second-order valence-corrected chi connectivity index (χ2v) is 9.10. The summed E-state index contributed by atoms with van der Waals surface area (Å²) in [5.74, 6) is 0. The number of nitrogens with zero attached hydrogens (tertiary/aromatic N) is 3. The van der Waals surface area contributed by atoms with E-state index in [0.717, 1.165) is 12.6 Å². The van der Waals surface area contributed by atoms with E-state index >= 15 is 0 Å². The number of hydrogen-bond donors (Lipinski definition) is 0. The first-order chi connectivity index (χ1) is 13.2. The van der Waals surface area contributed by atoms with Gasteiger partial charge in [0.2, 0.25) is 0 Å². The summed E-state index contributed by atoms with van der Waals surface area (Å²) in [6.07, 6.45) is 10.4. The Morgan fingerprint density at radius 3 is 2.70 bits per heavy atom. The highest BCUT2D eigenvalue weighted by Gasteiger charge is 2.47. The molecule has 27 heavy (non-hydrogen) atoms. The van der Waals surface area contributed by atoms with Gasteiger partial charge in [0.25, 0.3) is 0 Å². The van der Waals surface area contributed by atoms with Crippen molar-refractivity contribution in [2.75, 3.05) is 7.05 Å². The molecule has 2 fully saturated rings. The van der Waals surface area contributed by atoms with Crippen molar-refractivity contribution in [2.45, 2.75) is 63.1 Å². The van der Waals surface area contributed by atoms with E-state index in [9.17, 15) is 0 Å². The molecule has 3 aliphatic rings. The molecule has 0 N–H and O–H groups in total. The van der Waals surface area contributed by atoms with Gasteiger partial charge in [0, 0.05) is 59.5 Å². The maximum Gasteiger partial charge on any atom is 0.0486 e. The number of rotatable bonds is 3. The van der Waals surface area contributed by atoms with Crippen molar-refractivity contribution in [3.8, 4) is 0 Å². The van der Waals surface area contributed by atoms with Crippen LogP contribution in [-0.4, -0.2) is 27.5 Å². The fraction of sp³-hybridized carbons (Fsp3) is 0.458. The Kier molecular flexibility index (Phi) is 3.20. The average Bonchev–Trinajstić information content (AvgIpc) is 3.36. The minimum absolute atomic E-state index is 0.315. The zero-order valence-corrected chi connectivity index (χ0v) is 16.3. The summed E-state index contributed by atoms with van der Waals surface area (Å²) in [5.41, 5.74) is 7.87. The average molecular weight is 358 g/mol. The van der Waals surface area contributed by atoms with Gasteiger partial charge in [-0.15, -0.1) is 0 Å². The summed E-state index contributed by atoms with van der Waals surface area (Å²) < 4.78 is 2.70. The smallest absolute Gasteiger partial charge is 0.0486 e. The highest BCUT2D eigenvalue weighted by atomic mass is 15.2. The van der Waals surface area contributed by atoms with Crippen LogP contribution in [0.4, 0.5) is 0 Å². The van der Waals surface area contributed by atoms with E-state index in [1.165, 1.54) is 54.1 Å². The van der Waals surface area contributed by atoms with Crippen LogP contribution < -0.4 is 0 Å². The predicted octanol–water partition coefficient (Wildman–Crippen LogP) is 4.77. The van der Waals surface area contributed by atoms with Crippen LogP contribution in [0.5, 0.6) is 0 Å². The minimum Gasteiger partial charge on any atom is -0.343 e. The quantitative estimate of drug-likeness (QED) is 0.673. The second-order valence-electron chi connectivity index (χ2n) is 9.10. The molecule has 1 aliphatic carbocycles. The first-order valence-corrected chi connectivity index (χ1v) is 10.4. The summed E-state index contributed by atoms with van der Waals surface area (Å²) in [7, 11) is 2.34. The third kappa shape index (κ3) is 2.21. The Hall–Kier alpha value is -2.13. The standard InChI is InChI=1S/C24H27N3/c1-16-3-5-20-19(13-16)23-21-6-4-18(26(21)2)14-22(23)27(20)15-24(9-10-24)17-7-11-25-12-8-17/h3,5,7-8,11-13,18,21H,4,6,9-10,14-15H2,1-2H3. The number of fused-ring (bicyclic) bond motifs is 6. The van der Waals surface area contributed by atoms with Crippen LogP contribution in [0.2, 0.25) is 0 Å². The van der Waals surface area contributed by atoms with Crippen molar-refractivity contribution in [3.05, 3.63) is 65.1 Å². The van der Waals surface area contributed by atoms with Gasteiger partial charge in [-0.2, -0.15) is 0 Å². The van der Waals surface area contributed by atoms with Crippen LogP contribution in [0.15, 0.2) is 42.7 Å². The predicted molar refractivity (Wildman–Crippen MR) is 109 cm³/mol. The third-order valence-electron chi connectivity index (χ3n) is 7.58. The normalized spacial score (nSPS) is 25.7. The molecule has 1 aromatic carbocycles. The van der Waals surface area contributed by atoms with E-state index in [0.29, 0.717) is 11.5 Å². The van der Waals surface area contributed by atoms with E-state index in [1.54, 1.807) is 11.3 Å². The maximum absolute atomic E-state index is 4.24. The molecule has 2 bridgehead atoms. The number of aromatic nitrogens is 2. The van der Waals surface area contributed by atoms with Crippen LogP contribution >= 0.6 is 0 Å². The lowest BCUT2D eigenvalue weighted by Gasteiger charge is -2.33. The zero-order valence-electron chi connectivity index (χ0n) is 16.3. The Bertz CT molecular complexity index is 1030. The van der Waals surface area contributed by atoms with Crippen LogP contribution in [0.25, 0.3) is 10.9 Å². The Morgan fingerprint density at radius 1 is 1.11 bits per heavy atom. The Labute approximate surface area is 161 Å². The molecule has 1 saturated carbocycles. The number of benzene rings is 1. The van der Waals surface area contributed by atoms with Crippen LogP contribution in [-0.2, 0) is 18.4 Å². The van der Waals surface area contributed by atoms with Gasteiger partial charge in [0.15, 0.2) is 0 Å². The van der Waals surface area contributed by atoms with Crippen LogP contribution in [0.3, 0.4) is 0 Å². The SMILES string of the molecule is Cc1ccc2c(c1)c1c(n2CC2(c3ccncc3)CC2)CC2CCC1N2C. The van der Waals surface area contributed by atoms with Crippen molar-refractivity contribution in [1.82, 2.24) is 14.5 Å². The fourth-order valence-corrected chi connectivity index (χ4v) is 5.85. The van der Waals surface area contributed by atoms with E-state index in [-0.39, 0.29) is 0 Å². The zero-order chi connectivity index (χ0) is 18.2. The summed E-state index contributed by atoms with van der Waals surface area (Å²) >= 11 is 0. The summed E-state index contributed by atoms with van der Waals surface area (Å²) in [5, 5.41) is 1.51. The summed E-state index contributed by atoms with van der Waals surface area (Å²) in [6.45, 7) is 3.35. The fourth-order valence-electron chi connectivity index (χ4n) is 5.85. The second kappa shape index (κ2) is 5.45. The molecule has 2 atom stereocenters. The largest absolute Gasteiger partial charge is 0.343 e. The number of aryl methyl sites for hydroxylation is 1.